The second-order valence-corrected chi connectivity index (χ2v) is 8.45. The highest BCUT2D eigenvalue weighted by molar-refractivity contribution is 7.90. The quantitative estimate of drug-likeness (QED) is 0.495. The third-order valence-electron chi connectivity index (χ3n) is 3.24. The van der Waals surface area contributed by atoms with E-state index in [9.17, 15) is 18.5 Å². The Morgan fingerprint density at radius 1 is 1.32 bits per heavy atom. The van der Waals surface area contributed by atoms with Crippen LogP contribution in [-0.4, -0.2) is 35.4 Å². The minimum absolute atomic E-state index is 0.126. The van der Waals surface area contributed by atoms with Gasteiger partial charge in [0.2, 0.25) is 20.8 Å². The number of benzene rings is 1. The van der Waals surface area contributed by atoms with Crippen molar-refractivity contribution < 1.29 is 13.2 Å². The zero-order chi connectivity index (χ0) is 18.2. The van der Waals surface area contributed by atoms with Gasteiger partial charge >= 0.3 is 0 Å². The Labute approximate surface area is 151 Å². The standard InChI is InChI=1S/C15H9ClN4O3S2/c1-25(22,23)15-18-7-9(16)12(20-15)13(21)8(6-17)14-19-10-4-2-3-5-11(10)24-14/h2-5,7-8H,1H3. The molecule has 1 unspecified atom stereocenters. The number of nitriles is 1. The first kappa shape index (κ1) is 17.4. The molecule has 2 aromatic heterocycles. The predicted octanol–water partition coefficient (Wildman–Crippen LogP) is 2.63. The first-order valence-corrected chi connectivity index (χ1v) is 9.91. The fourth-order valence-corrected chi connectivity index (χ4v) is 3.78. The number of carbonyl (C=O) groups is 1. The summed E-state index contributed by atoms with van der Waals surface area (Å²) in [5.41, 5.74) is 0.351. The lowest BCUT2D eigenvalue weighted by molar-refractivity contribution is 0.0973. The molecule has 3 aromatic rings. The third kappa shape index (κ3) is 3.37. The first-order chi connectivity index (χ1) is 11.8. The van der Waals surface area contributed by atoms with Crippen molar-refractivity contribution in [3.05, 3.63) is 46.2 Å². The van der Waals surface area contributed by atoms with E-state index < -0.39 is 26.7 Å². The maximum atomic E-state index is 12.7. The van der Waals surface area contributed by atoms with Crippen molar-refractivity contribution in [2.45, 2.75) is 11.1 Å². The van der Waals surface area contributed by atoms with Crippen LogP contribution in [0.15, 0.2) is 35.6 Å². The molecule has 0 aliphatic rings. The minimum atomic E-state index is -3.72. The molecule has 2 heterocycles. The highest BCUT2D eigenvalue weighted by atomic mass is 35.5. The van der Waals surface area contributed by atoms with Crippen molar-refractivity contribution in [1.82, 2.24) is 15.0 Å². The number of halogens is 1. The lowest BCUT2D eigenvalue weighted by Gasteiger charge is -2.07. The van der Waals surface area contributed by atoms with Crippen LogP contribution in [0.3, 0.4) is 0 Å². The molecule has 0 radical (unpaired) electrons. The number of hydrogen-bond donors (Lipinski definition) is 0. The van der Waals surface area contributed by atoms with E-state index in [1.54, 1.807) is 12.1 Å². The number of thiazole rings is 1. The second-order valence-electron chi connectivity index (χ2n) is 5.07. The van der Waals surface area contributed by atoms with Crippen LogP contribution in [0.4, 0.5) is 0 Å². The van der Waals surface area contributed by atoms with Gasteiger partial charge in [0.25, 0.3) is 0 Å². The molecule has 0 N–H and O–H groups in total. The highest BCUT2D eigenvalue weighted by Crippen LogP contribution is 2.30. The van der Waals surface area contributed by atoms with Crippen LogP contribution < -0.4 is 0 Å². The zero-order valence-corrected chi connectivity index (χ0v) is 15.1. The van der Waals surface area contributed by atoms with Crippen LogP contribution in [0.1, 0.15) is 21.4 Å². The number of ketones is 1. The molecule has 0 saturated heterocycles. The van der Waals surface area contributed by atoms with Crippen molar-refractivity contribution in [2.75, 3.05) is 6.26 Å². The molecule has 126 valence electrons. The van der Waals surface area contributed by atoms with Crippen molar-refractivity contribution in [3.8, 4) is 6.07 Å². The van der Waals surface area contributed by atoms with Crippen molar-refractivity contribution >= 4 is 48.8 Å². The van der Waals surface area contributed by atoms with E-state index in [-0.39, 0.29) is 10.7 Å². The molecule has 0 bridgehead atoms. The van der Waals surface area contributed by atoms with Gasteiger partial charge in [0.05, 0.1) is 27.5 Å². The number of carbonyl (C=O) groups excluding carboxylic acids is 1. The summed E-state index contributed by atoms with van der Waals surface area (Å²) in [6, 6.07) is 9.12. The van der Waals surface area contributed by atoms with Gasteiger partial charge in [0, 0.05) is 6.26 Å². The molecule has 0 saturated carbocycles. The van der Waals surface area contributed by atoms with E-state index in [1.807, 2.05) is 18.2 Å². The summed E-state index contributed by atoms with van der Waals surface area (Å²) in [7, 11) is -3.72. The second kappa shape index (κ2) is 6.48. The Balaban J connectivity index is 2.08. The summed E-state index contributed by atoms with van der Waals surface area (Å²) in [5.74, 6) is -1.96. The monoisotopic (exact) mass is 392 g/mol. The van der Waals surface area contributed by atoms with Crippen LogP contribution in [0.2, 0.25) is 5.02 Å². The summed E-state index contributed by atoms with van der Waals surface area (Å²) < 4.78 is 24.0. The number of para-hydroxylation sites is 1. The molecule has 1 aromatic carbocycles. The Morgan fingerprint density at radius 2 is 2.04 bits per heavy atom. The first-order valence-electron chi connectivity index (χ1n) is 6.83. The van der Waals surface area contributed by atoms with Gasteiger partial charge in [0.1, 0.15) is 10.7 Å². The summed E-state index contributed by atoms with van der Waals surface area (Å²) in [5, 5.41) is 9.09. The topological polar surface area (TPSA) is 114 Å². The molecule has 3 rings (SSSR count). The number of fused-ring (bicyclic) bond motifs is 1. The zero-order valence-electron chi connectivity index (χ0n) is 12.7. The molecule has 1 atom stereocenters. The number of aromatic nitrogens is 3. The molecule has 0 aliphatic heterocycles. The van der Waals surface area contributed by atoms with Gasteiger partial charge in [-0.2, -0.15) is 5.26 Å². The molecule has 0 spiro atoms. The summed E-state index contributed by atoms with van der Waals surface area (Å²) in [6.45, 7) is 0. The Bertz CT molecular complexity index is 1100. The molecule has 7 nitrogen and oxygen atoms in total. The van der Waals surface area contributed by atoms with E-state index in [4.69, 9.17) is 11.6 Å². The number of hydrogen-bond acceptors (Lipinski definition) is 8. The van der Waals surface area contributed by atoms with Crippen LogP contribution in [0.5, 0.6) is 0 Å². The highest BCUT2D eigenvalue weighted by Gasteiger charge is 2.29. The molecule has 10 heteroatoms. The lowest BCUT2D eigenvalue weighted by Crippen LogP contribution is -2.16. The van der Waals surface area contributed by atoms with Crippen LogP contribution in [0.25, 0.3) is 10.2 Å². The molecular weight excluding hydrogens is 384 g/mol. The van der Waals surface area contributed by atoms with Gasteiger partial charge in [-0.1, -0.05) is 23.7 Å². The fourth-order valence-electron chi connectivity index (χ4n) is 2.08. The number of nitrogens with zero attached hydrogens (tertiary/aromatic N) is 4. The van der Waals surface area contributed by atoms with Crippen LogP contribution >= 0.6 is 22.9 Å². The Kier molecular flexibility index (Phi) is 4.51. The lowest BCUT2D eigenvalue weighted by atomic mass is 10.0. The van der Waals surface area contributed by atoms with E-state index >= 15 is 0 Å². The Hall–Kier alpha value is -2.41. The van der Waals surface area contributed by atoms with Gasteiger partial charge in [-0.25, -0.2) is 23.4 Å². The van der Waals surface area contributed by atoms with Crippen LogP contribution in [0, 0.1) is 11.3 Å². The average molecular weight is 393 g/mol. The minimum Gasteiger partial charge on any atom is -0.290 e. The molecule has 25 heavy (non-hydrogen) atoms. The van der Waals surface area contributed by atoms with E-state index in [0.29, 0.717) is 10.5 Å². The van der Waals surface area contributed by atoms with Gasteiger partial charge in [-0.05, 0) is 12.1 Å². The summed E-state index contributed by atoms with van der Waals surface area (Å²) in [4.78, 5) is 24.4. The van der Waals surface area contributed by atoms with Crippen molar-refractivity contribution in [1.29, 1.82) is 5.26 Å². The predicted molar refractivity (Wildman–Crippen MR) is 92.5 cm³/mol. The van der Waals surface area contributed by atoms with E-state index in [0.717, 1.165) is 17.2 Å². The molecule has 0 fully saturated rings. The van der Waals surface area contributed by atoms with Gasteiger partial charge in [-0.15, -0.1) is 11.3 Å². The number of rotatable bonds is 4. The molecule has 0 aliphatic carbocycles. The molecule has 0 amide bonds. The normalized spacial score (nSPS) is 12.7. The summed E-state index contributed by atoms with van der Waals surface area (Å²) in [6.07, 6.45) is 1.95. The van der Waals surface area contributed by atoms with Gasteiger partial charge in [-0.3, -0.25) is 4.79 Å². The van der Waals surface area contributed by atoms with E-state index in [2.05, 4.69) is 15.0 Å². The fraction of sp³-hybridized carbons (Fsp3) is 0.133. The van der Waals surface area contributed by atoms with Crippen molar-refractivity contribution in [2.24, 2.45) is 0 Å². The molecular formula is C15H9ClN4O3S2. The third-order valence-corrected chi connectivity index (χ3v) is 5.47. The Morgan fingerprint density at radius 3 is 2.68 bits per heavy atom. The average Bonchev–Trinajstić information content (AvgIpc) is 2.98. The maximum Gasteiger partial charge on any atom is 0.247 e. The number of sulfone groups is 1. The maximum absolute atomic E-state index is 12.7. The van der Waals surface area contributed by atoms with Crippen LogP contribution in [-0.2, 0) is 9.84 Å². The van der Waals surface area contributed by atoms with Gasteiger partial charge < -0.3 is 0 Å². The number of Topliss-reactive ketones (excluding diaryl/α,β-unsaturated/α-hetero) is 1. The van der Waals surface area contributed by atoms with Gasteiger partial charge in [0.15, 0.2) is 5.92 Å². The SMILES string of the molecule is CS(=O)(=O)c1ncc(Cl)c(C(=O)C(C#N)c2nc3ccccc3s2)n1. The smallest absolute Gasteiger partial charge is 0.247 e. The van der Waals surface area contributed by atoms with E-state index in [1.165, 1.54) is 11.3 Å². The summed E-state index contributed by atoms with van der Waals surface area (Å²) >= 11 is 7.15. The van der Waals surface area contributed by atoms with Crippen molar-refractivity contribution in [3.63, 3.8) is 0 Å². The largest absolute Gasteiger partial charge is 0.290 e.